The first-order chi connectivity index (χ1) is 10.2. The third kappa shape index (κ3) is 5.47. The van der Waals surface area contributed by atoms with E-state index in [-0.39, 0.29) is 17.7 Å². The zero-order valence-corrected chi connectivity index (χ0v) is 13.2. The molecule has 0 heterocycles. The number of nitrogens with zero attached hydrogens (tertiary/aromatic N) is 2. The Morgan fingerprint density at radius 1 is 1.27 bits per heavy atom. The van der Waals surface area contributed by atoms with Gasteiger partial charge in [0.1, 0.15) is 5.60 Å². The van der Waals surface area contributed by atoms with Gasteiger partial charge >= 0.3 is 6.09 Å². The quantitative estimate of drug-likeness (QED) is 0.633. The van der Waals surface area contributed by atoms with E-state index >= 15 is 0 Å². The molecule has 0 aromatic heterocycles. The number of carbonyl (C=O) groups is 3. The van der Waals surface area contributed by atoms with Crippen molar-refractivity contribution in [1.82, 2.24) is 4.90 Å². The number of aldehydes is 1. The molecule has 6 heteroatoms. The van der Waals surface area contributed by atoms with Crippen molar-refractivity contribution >= 4 is 24.5 Å². The van der Waals surface area contributed by atoms with Crippen molar-refractivity contribution < 1.29 is 19.1 Å². The summed E-state index contributed by atoms with van der Waals surface area (Å²) < 4.78 is 5.17. The van der Waals surface area contributed by atoms with E-state index in [0.29, 0.717) is 6.29 Å². The molecule has 1 aromatic rings. The van der Waals surface area contributed by atoms with Gasteiger partial charge in [-0.05, 0) is 26.8 Å². The second-order valence-corrected chi connectivity index (χ2v) is 5.68. The van der Waals surface area contributed by atoms with Gasteiger partial charge in [0.25, 0.3) is 5.91 Å². The third-order valence-corrected chi connectivity index (χ3v) is 2.59. The van der Waals surface area contributed by atoms with Crippen LogP contribution in [-0.2, 0) is 4.74 Å². The molecule has 1 aromatic carbocycles. The van der Waals surface area contributed by atoms with Crippen LogP contribution in [0.3, 0.4) is 0 Å². The van der Waals surface area contributed by atoms with Gasteiger partial charge in [0.15, 0.2) is 6.29 Å². The number of rotatable bonds is 4. The standard InChI is InChI=1S/C16H20N2O4/c1-16(2,3)22-15(21)18(4)10-9-17-14(20)13-8-6-5-7-12(13)11-19/h5-9,11H,10H2,1-4H3. The fraction of sp³-hybridized carbons (Fsp3) is 0.375. The zero-order valence-electron chi connectivity index (χ0n) is 13.2. The van der Waals surface area contributed by atoms with Crippen LogP contribution in [0.2, 0.25) is 0 Å². The van der Waals surface area contributed by atoms with Gasteiger partial charge in [-0.1, -0.05) is 18.2 Å². The topological polar surface area (TPSA) is 76.0 Å². The Morgan fingerprint density at radius 3 is 2.50 bits per heavy atom. The lowest BCUT2D eigenvalue weighted by molar-refractivity contribution is 0.0325. The van der Waals surface area contributed by atoms with Crippen molar-refractivity contribution in [2.45, 2.75) is 26.4 Å². The van der Waals surface area contributed by atoms with Crippen molar-refractivity contribution in [3.8, 4) is 0 Å². The monoisotopic (exact) mass is 304 g/mol. The molecule has 0 bridgehead atoms. The average molecular weight is 304 g/mol. The van der Waals surface area contributed by atoms with Gasteiger partial charge in [-0.25, -0.2) is 9.79 Å². The molecule has 118 valence electrons. The Kier molecular flexibility index (Phi) is 5.98. The number of hydrogen-bond donors (Lipinski definition) is 0. The second kappa shape index (κ2) is 7.49. The van der Waals surface area contributed by atoms with Crippen molar-refractivity contribution in [3.05, 3.63) is 35.4 Å². The summed E-state index contributed by atoms with van der Waals surface area (Å²) in [5.41, 5.74) is -0.0693. The maximum absolute atomic E-state index is 11.9. The fourth-order valence-electron chi connectivity index (χ4n) is 1.52. The highest BCUT2D eigenvalue weighted by atomic mass is 16.6. The zero-order chi connectivity index (χ0) is 16.8. The summed E-state index contributed by atoms with van der Waals surface area (Å²) in [5.74, 6) is -0.528. The Labute approximate surface area is 129 Å². The molecule has 0 atom stereocenters. The fourth-order valence-corrected chi connectivity index (χ4v) is 1.52. The average Bonchev–Trinajstić information content (AvgIpc) is 2.45. The van der Waals surface area contributed by atoms with Crippen LogP contribution >= 0.6 is 0 Å². The van der Waals surface area contributed by atoms with E-state index in [0.717, 1.165) is 0 Å². The molecule has 0 fully saturated rings. The molecule has 6 nitrogen and oxygen atoms in total. The van der Waals surface area contributed by atoms with Crippen LogP contribution < -0.4 is 0 Å². The SMILES string of the molecule is CN(CC=NC(=O)c1ccccc1C=O)C(=O)OC(C)(C)C. The number of carbonyl (C=O) groups excluding carboxylic acids is 3. The van der Waals surface area contributed by atoms with Crippen LogP contribution in [0.1, 0.15) is 41.5 Å². The van der Waals surface area contributed by atoms with Crippen molar-refractivity contribution in [3.63, 3.8) is 0 Å². The lowest BCUT2D eigenvalue weighted by Crippen LogP contribution is -2.35. The molecule has 0 N–H and O–H groups in total. The predicted molar refractivity (Wildman–Crippen MR) is 83.5 cm³/mol. The summed E-state index contributed by atoms with van der Waals surface area (Å²) in [6.07, 6.45) is 1.42. The predicted octanol–water partition coefficient (Wildman–Crippen LogP) is 2.58. The normalized spacial score (nSPS) is 11.3. The first kappa shape index (κ1) is 17.6. The molecule has 2 amide bonds. The largest absolute Gasteiger partial charge is 0.444 e. The molecule has 0 aliphatic heterocycles. The maximum Gasteiger partial charge on any atom is 0.410 e. The third-order valence-electron chi connectivity index (χ3n) is 2.59. The lowest BCUT2D eigenvalue weighted by Gasteiger charge is -2.23. The first-order valence-corrected chi connectivity index (χ1v) is 6.80. The number of amides is 2. The van der Waals surface area contributed by atoms with Gasteiger partial charge in [0.2, 0.25) is 0 Å². The molecule has 0 spiro atoms. The van der Waals surface area contributed by atoms with Crippen molar-refractivity contribution in [1.29, 1.82) is 0 Å². The van der Waals surface area contributed by atoms with Crippen LogP contribution in [0.15, 0.2) is 29.3 Å². The van der Waals surface area contributed by atoms with Crippen LogP contribution in [-0.4, -0.2) is 48.6 Å². The van der Waals surface area contributed by atoms with Crippen LogP contribution in [0, 0.1) is 0 Å². The maximum atomic E-state index is 11.9. The molecule has 0 aliphatic rings. The van der Waals surface area contributed by atoms with Crippen molar-refractivity contribution in [2.75, 3.05) is 13.6 Å². The van der Waals surface area contributed by atoms with E-state index < -0.39 is 17.6 Å². The van der Waals surface area contributed by atoms with Crippen LogP contribution in [0.25, 0.3) is 0 Å². The minimum absolute atomic E-state index is 0.129. The molecule has 0 aliphatic carbocycles. The van der Waals surface area contributed by atoms with E-state index in [9.17, 15) is 14.4 Å². The first-order valence-electron chi connectivity index (χ1n) is 6.80. The highest BCUT2D eigenvalue weighted by Crippen LogP contribution is 2.09. The number of benzene rings is 1. The number of aliphatic imine (C=N–C) groups is 1. The van der Waals surface area contributed by atoms with Gasteiger partial charge < -0.3 is 9.64 Å². The molecule has 0 saturated carbocycles. The molecule has 1 rings (SSSR count). The summed E-state index contributed by atoms with van der Waals surface area (Å²) in [7, 11) is 1.55. The minimum atomic E-state index is -0.582. The van der Waals surface area contributed by atoms with E-state index in [2.05, 4.69) is 4.99 Å². The van der Waals surface area contributed by atoms with Crippen LogP contribution in [0.5, 0.6) is 0 Å². The lowest BCUT2D eigenvalue weighted by atomic mass is 10.1. The Hall–Kier alpha value is -2.50. The molecule has 22 heavy (non-hydrogen) atoms. The summed E-state index contributed by atoms with van der Waals surface area (Å²) in [6.45, 7) is 5.44. The number of hydrogen-bond acceptors (Lipinski definition) is 4. The highest BCUT2D eigenvalue weighted by Gasteiger charge is 2.18. The van der Waals surface area contributed by atoms with E-state index in [4.69, 9.17) is 4.74 Å². The second-order valence-electron chi connectivity index (χ2n) is 5.68. The van der Waals surface area contributed by atoms with E-state index in [1.807, 2.05) is 0 Å². The molecular weight excluding hydrogens is 284 g/mol. The summed E-state index contributed by atoms with van der Waals surface area (Å²) in [6, 6.07) is 6.40. The molecular formula is C16H20N2O4. The van der Waals surface area contributed by atoms with Gasteiger partial charge in [-0.15, -0.1) is 0 Å². The summed E-state index contributed by atoms with van der Waals surface area (Å²) in [4.78, 5) is 39.5. The van der Waals surface area contributed by atoms with E-state index in [1.54, 1.807) is 46.0 Å². The summed E-state index contributed by atoms with van der Waals surface area (Å²) in [5, 5.41) is 0. The highest BCUT2D eigenvalue weighted by molar-refractivity contribution is 6.04. The van der Waals surface area contributed by atoms with Gasteiger partial charge in [-0.2, -0.15) is 0 Å². The number of ether oxygens (including phenoxy) is 1. The molecule has 0 saturated heterocycles. The van der Waals surface area contributed by atoms with Gasteiger partial charge in [0, 0.05) is 18.8 Å². The molecule has 0 unspecified atom stereocenters. The van der Waals surface area contributed by atoms with Crippen LogP contribution in [0.4, 0.5) is 4.79 Å². The van der Waals surface area contributed by atoms with Crippen molar-refractivity contribution in [2.24, 2.45) is 4.99 Å². The van der Waals surface area contributed by atoms with Gasteiger partial charge in [-0.3, -0.25) is 9.59 Å². The van der Waals surface area contributed by atoms with Gasteiger partial charge in [0.05, 0.1) is 12.1 Å². The van der Waals surface area contributed by atoms with E-state index in [1.165, 1.54) is 17.2 Å². The Balaban J connectivity index is 2.64. The molecule has 0 radical (unpaired) electrons. The minimum Gasteiger partial charge on any atom is -0.444 e. The Bertz CT molecular complexity index is 588. The Morgan fingerprint density at radius 2 is 1.91 bits per heavy atom. The summed E-state index contributed by atoms with van der Waals surface area (Å²) >= 11 is 0. The smallest absolute Gasteiger partial charge is 0.410 e.